The molecule has 1 N–H and O–H groups in total. The van der Waals surface area contributed by atoms with Crippen LogP contribution in [-0.4, -0.2) is 23.9 Å². The first-order valence-corrected chi connectivity index (χ1v) is 16.1. The first-order valence-electron chi connectivity index (χ1n) is 16.1. The third-order valence-corrected chi connectivity index (χ3v) is 8.67. The predicted octanol–water partition coefficient (Wildman–Crippen LogP) is 10.8. The van der Waals surface area contributed by atoms with E-state index in [0.29, 0.717) is 11.8 Å². The molecule has 0 aromatic rings. The van der Waals surface area contributed by atoms with Gasteiger partial charge in [-0.25, -0.2) is 0 Å². The van der Waals surface area contributed by atoms with Crippen molar-refractivity contribution in [2.24, 2.45) is 17.8 Å². The van der Waals surface area contributed by atoms with E-state index in [9.17, 15) is 5.11 Å². The van der Waals surface area contributed by atoms with Crippen LogP contribution in [0.25, 0.3) is 0 Å². The highest BCUT2D eigenvalue weighted by atomic mass is 16.5. The smallest absolute Gasteiger partial charge is 0.0815 e. The van der Waals surface area contributed by atoms with Crippen LogP contribution < -0.4 is 0 Å². The highest BCUT2D eigenvalue weighted by Gasteiger charge is 2.34. The second kappa shape index (κ2) is 21.0. The Hall–Kier alpha value is -0.860. The number of rotatable bonds is 21. The molecule has 1 aliphatic rings. The number of unbranched alkanes of at least 4 members (excludes halogenated alkanes) is 7. The van der Waals surface area contributed by atoms with E-state index in [-0.39, 0.29) is 18.1 Å². The molecule has 5 unspecified atom stereocenters. The monoisotopic (exact) mass is 516 g/mol. The van der Waals surface area contributed by atoms with Gasteiger partial charge in [0.2, 0.25) is 0 Å². The molecule has 0 heterocycles. The van der Waals surface area contributed by atoms with Gasteiger partial charge in [-0.1, -0.05) is 115 Å². The van der Waals surface area contributed by atoms with Gasteiger partial charge in [0.05, 0.1) is 12.2 Å². The number of ether oxygens (including phenoxy) is 1. The SMILES string of the molecule is CCCCC=C(C)CCC=C(C)CCCC(C)CCC1=CC(O)C(C)C(C)C1OCCCCCCCC. The van der Waals surface area contributed by atoms with Crippen molar-refractivity contribution in [3.8, 4) is 0 Å². The minimum Gasteiger partial charge on any atom is -0.389 e. The van der Waals surface area contributed by atoms with Gasteiger partial charge in [-0.05, 0) is 88.5 Å². The molecule has 0 saturated heterocycles. The second-order valence-electron chi connectivity index (χ2n) is 12.3. The zero-order valence-electron chi connectivity index (χ0n) is 26.0. The van der Waals surface area contributed by atoms with E-state index in [2.05, 4.69) is 66.7 Å². The molecule has 2 heteroatoms. The van der Waals surface area contributed by atoms with E-state index in [1.165, 1.54) is 95.5 Å². The molecular formula is C35H64O2. The fraction of sp³-hybridized carbons (Fsp3) is 0.829. The van der Waals surface area contributed by atoms with Crippen molar-refractivity contribution in [3.63, 3.8) is 0 Å². The molecular weight excluding hydrogens is 452 g/mol. The molecule has 0 amide bonds. The van der Waals surface area contributed by atoms with Gasteiger partial charge in [0.15, 0.2) is 0 Å². The van der Waals surface area contributed by atoms with Gasteiger partial charge in [0, 0.05) is 6.61 Å². The van der Waals surface area contributed by atoms with E-state index >= 15 is 0 Å². The van der Waals surface area contributed by atoms with E-state index < -0.39 is 0 Å². The summed E-state index contributed by atoms with van der Waals surface area (Å²) in [4.78, 5) is 0. The summed E-state index contributed by atoms with van der Waals surface area (Å²) in [6, 6.07) is 0. The molecule has 0 aromatic heterocycles. The Morgan fingerprint density at radius 3 is 2.22 bits per heavy atom. The summed E-state index contributed by atoms with van der Waals surface area (Å²) >= 11 is 0. The molecule has 0 radical (unpaired) electrons. The Morgan fingerprint density at radius 2 is 1.49 bits per heavy atom. The third kappa shape index (κ3) is 15.4. The summed E-state index contributed by atoms with van der Waals surface area (Å²) in [5, 5.41) is 10.6. The Bertz CT molecular complexity index is 658. The third-order valence-electron chi connectivity index (χ3n) is 8.67. The molecule has 37 heavy (non-hydrogen) atoms. The van der Waals surface area contributed by atoms with Crippen LogP contribution in [-0.2, 0) is 4.74 Å². The summed E-state index contributed by atoms with van der Waals surface area (Å²) in [7, 11) is 0. The maximum Gasteiger partial charge on any atom is 0.0815 e. The Balaban J connectivity index is 2.39. The summed E-state index contributed by atoms with van der Waals surface area (Å²) in [6.07, 6.45) is 26.9. The first kappa shape index (κ1) is 34.2. The average Bonchev–Trinajstić information content (AvgIpc) is 2.87. The van der Waals surface area contributed by atoms with E-state index in [1.54, 1.807) is 11.1 Å². The molecule has 0 aliphatic heterocycles. The molecule has 2 nitrogen and oxygen atoms in total. The first-order chi connectivity index (χ1) is 17.8. The van der Waals surface area contributed by atoms with Crippen LogP contribution in [0.4, 0.5) is 0 Å². The standard InChI is InChI=1S/C35H64O2/c1-8-10-12-13-14-16-26-37-35-32(7)31(6)34(36)27-33(35)25-24-30(5)23-18-22-29(4)21-17-20-28(3)19-15-11-9-2/h19,21,27,30-32,34-36H,8-18,20,22-26H2,1-7H3. The van der Waals surface area contributed by atoms with E-state index in [0.717, 1.165) is 19.4 Å². The maximum atomic E-state index is 10.6. The van der Waals surface area contributed by atoms with Gasteiger partial charge in [-0.2, -0.15) is 0 Å². The minimum atomic E-state index is -0.327. The highest BCUT2D eigenvalue weighted by Crippen LogP contribution is 2.35. The molecule has 1 rings (SSSR count). The fourth-order valence-electron chi connectivity index (χ4n) is 5.56. The molecule has 0 spiro atoms. The van der Waals surface area contributed by atoms with Crippen LogP contribution in [0.15, 0.2) is 34.9 Å². The van der Waals surface area contributed by atoms with Gasteiger partial charge in [0.1, 0.15) is 0 Å². The number of hydrogen-bond acceptors (Lipinski definition) is 2. The lowest BCUT2D eigenvalue weighted by Crippen LogP contribution is -2.39. The molecule has 216 valence electrons. The van der Waals surface area contributed by atoms with Crippen LogP contribution in [0, 0.1) is 17.8 Å². The van der Waals surface area contributed by atoms with Gasteiger partial charge in [0.25, 0.3) is 0 Å². The van der Waals surface area contributed by atoms with Gasteiger partial charge in [-0.15, -0.1) is 0 Å². The van der Waals surface area contributed by atoms with Gasteiger partial charge < -0.3 is 9.84 Å². The van der Waals surface area contributed by atoms with Crippen molar-refractivity contribution >= 4 is 0 Å². The van der Waals surface area contributed by atoms with Crippen LogP contribution in [0.3, 0.4) is 0 Å². The lowest BCUT2D eigenvalue weighted by atomic mass is 9.76. The molecule has 1 aliphatic carbocycles. The number of hydrogen-bond donors (Lipinski definition) is 1. The van der Waals surface area contributed by atoms with Crippen molar-refractivity contribution in [3.05, 3.63) is 34.9 Å². The van der Waals surface area contributed by atoms with Crippen molar-refractivity contribution in [2.75, 3.05) is 6.61 Å². The van der Waals surface area contributed by atoms with Crippen LogP contribution in [0.2, 0.25) is 0 Å². The highest BCUT2D eigenvalue weighted by molar-refractivity contribution is 5.18. The van der Waals surface area contributed by atoms with Crippen molar-refractivity contribution in [2.45, 2.75) is 163 Å². The maximum absolute atomic E-state index is 10.6. The van der Waals surface area contributed by atoms with Crippen molar-refractivity contribution in [1.82, 2.24) is 0 Å². The normalized spacial score (nSPS) is 23.8. The second-order valence-corrected chi connectivity index (χ2v) is 12.3. The zero-order valence-corrected chi connectivity index (χ0v) is 26.0. The molecule has 0 fully saturated rings. The van der Waals surface area contributed by atoms with E-state index in [4.69, 9.17) is 4.74 Å². The summed E-state index contributed by atoms with van der Waals surface area (Å²) < 4.78 is 6.47. The largest absolute Gasteiger partial charge is 0.389 e. The average molecular weight is 517 g/mol. The Morgan fingerprint density at radius 1 is 0.838 bits per heavy atom. The molecule has 0 bridgehead atoms. The van der Waals surface area contributed by atoms with Crippen LogP contribution in [0.5, 0.6) is 0 Å². The topological polar surface area (TPSA) is 29.5 Å². The summed E-state index contributed by atoms with van der Waals surface area (Å²) in [6.45, 7) is 16.8. The minimum absolute atomic E-state index is 0.186. The number of aliphatic hydroxyl groups is 1. The molecule has 5 atom stereocenters. The van der Waals surface area contributed by atoms with Crippen LogP contribution in [0.1, 0.15) is 151 Å². The Kier molecular flexibility index (Phi) is 19.4. The summed E-state index contributed by atoms with van der Waals surface area (Å²) in [5.74, 6) is 1.35. The zero-order chi connectivity index (χ0) is 27.5. The number of aliphatic hydroxyl groups excluding tert-OH is 1. The van der Waals surface area contributed by atoms with Gasteiger partial charge in [-0.3, -0.25) is 0 Å². The number of allylic oxidation sites excluding steroid dienone is 4. The predicted molar refractivity (Wildman–Crippen MR) is 164 cm³/mol. The molecule has 0 saturated carbocycles. The quantitative estimate of drug-likeness (QED) is 0.121. The van der Waals surface area contributed by atoms with E-state index in [1.807, 2.05) is 0 Å². The van der Waals surface area contributed by atoms with Gasteiger partial charge >= 0.3 is 0 Å². The lowest BCUT2D eigenvalue weighted by Gasteiger charge is -2.38. The fourth-order valence-corrected chi connectivity index (χ4v) is 5.56. The Labute approximate surface area is 232 Å². The lowest BCUT2D eigenvalue weighted by molar-refractivity contribution is -0.0127. The van der Waals surface area contributed by atoms with Crippen molar-refractivity contribution < 1.29 is 9.84 Å². The van der Waals surface area contributed by atoms with Crippen LogP contribution >= 0.6 is 0 Å². The summed E-state index contributed by atoms with van der Waals surface area (Å²) in [5.41, 5.74) is 4.46. The molecule has 0 aromatic carbocycles. The van der Waals surface area contributed by atoms with Crippen molar-refractivity contribution in [1.29, 1.82) is 0 Å².